The Kier molecular flexibility index (Phi) is 4.97. The van der Waals surface area contributed by atoms with E-state index in [1.807, 2.05) is 18.2 Å². The molecule has 0 aliphatic carbocycles. The van der Waals surface area contributed by atoms with Gasteiger partial charge in [0.15, 0.2) is 0 Å². The van der Waals surface area contributed by atoms with Crippen LogP contribution in [0.4, 0.5) is 11.4 Å². The number of nitro benzene ring substituents is 1. The molecule has 2 aromatic rings. The summed E-state index contributed by atoms with van der Waals surface area (Å²) in [4.78, 5) is 25.8. The van der Waals surface area contributed by atoms with E-state index in [-0.39, 0.29) is 23.3 Å². The van der Waals surface area contributed by atoms with Gasteiger partial charge in [-0.1, -0.05) is 56.5 Å². The number of fused-ring (bicyclic) bond motifs is 2. The lowest BCUT2D eigenvalue weighted by atomic mass is 9.79. The highest BCUT2D eigenvalue weighted by Crippen LogP contribution is 2.61. The second-order valence-corrected chi connectivity index (χ2v) is 9.70. The number of likely N-dealkylation sites (N-methyl/N-ethyl adjacent to an activating group) is 1. The van der Waals surface area contributed by atoms with E-state index in [0.29, 0.717) is 5.56 Å². The lowest BCUT2D eigenvalue weighted by molar-refractivity contribution is -0.385. The van der Waals surface area contributed by atoms with E-state index >= 15 is 0 Å². The van der Waals surface area contributed by atoms with Gasteiger partial charge in [0.25, 0.3) is 5.69 Å². The fourth-order valence-electron chi connectivity index (χ4n) is 4.42. The zero-order valence-corrected chi connectivity index (χ0v) is 18.8. The summed E-state index contributed by atoms with van der Waals surface area (Å²) in [5.41, 5.74) is 3.81. The maximum atomic E-state index is 12.0. The summed E-state index contributed by atoms with van der Waals surface area (Å²) in [7, 11) is 2.07. The number of hydrogen-bond donors (Lipinski definition) is 0. The predicted molar refractivity (Wildman–Crippen MR) is 123 cm³/mol. The zero-order valence-electron chi connectivity index (χ0n) is 18.0. The molecule has 2 aliphatic rings. The summed E-state index contributed by atoms with van der Waals surface area (Å²) in [6.45, 7) is 9.55. The third-order valence-electron chi connectivity index (χ3n) is 6.18. The largest absolute Gasteiger partial charge is 0.457 e. The Bertz CT molecular complexity index is 1150. The summed E-state index contributed by atoms with van der Waals surface area (Å²) >= 11 is 1.65. The predicted octanol–water partition coefficient (Wildman–Crippen LogP) is 5.46. The average Bonchev–Trinajstić information content (AvgIpc) is 2.90. The first-order valence-electron chi connectivity index (χ1n) is 9.94. The number of thioether (sulfide) groups is 1. The van der Waals surface area contributed by atoms with Crippen molar-refractivity contribution in [3.63, 3.8) is 0 Å². The number of esters is 1. The molecule has 2 aromatic carbocycles. The molecule has 31 heavy (non-hydrogen) atoms. The standard InChI is InChI=1S/C24H24N2O4S/c1-15(2)22(27)30-14-17-13-18(26(28)29)12-16-10-11-24(31-21(16)17)23(3,4)19-8-6-7-9-20(19)25(24)5/h6-13H,1,14H2,2-5H3. The van der Waals surface area contributed by atoms with Gasteiger partial charge >= 0.3 is 5.97 Å². The molecule has 0 bridgehead atoms. The number of anilines is 1. The molecule has 1 spiro atoms. The summed E-state index contributed by atoms with van der Waals surface area (Å²) in [5.74, 6) is -0.517. The van der Waals surface area contributed by atoms with E-state index in [0.717, 1.165) is 16.1 Å². The Morgan fingerprint density at radius 3 is 2.65 bits per heavy atom. The Labute approximate surface area is 185 Å². The van der Waals surface area contributed by atoms with Gasteiger partial charge in [0.1, 0.15) is 11.5 Å². The van der Waals surface area contributed by atoms with Crippen LogP contribution < -0.4 is 4.90 Å². The number of rotatable bonds is 4. The van der Waals surface area contributed by atoms with Gasteiger partial charge in [-0.15, -0.1) is 0 Å². The van der Waals surface area contributed by atoms with Crippen LogP contribution in [0.1, 0.15) is 37.5 Å². The average molecular weight is 437 g/mol. The molecule has 6 nitrogen and oxygen atoms in total. The Morgan fingerprint density at radius 2 is 2.00 bits per heavy atom. The monoisotopic (exact) mass is 436 g/mol. The highest BCUT2D eigenvalue weighted by molar-refractivity contribution is 8.01. The minimum absolute atomic E-state index is 0.0244. The van der Waals surface area contributed by atoms with Gasteiger partial charge in [-0.2, -0.15) is 0 Å². The van der Waals surface area contributed by atoms with Crippen molar-refractivity contribution >= 4 is 35.2 Å². The van der Waals surface area contributed by atoms with Crippen molar-refractivity contribution < 1.29 is 14.5 Å². The first kappa shape index (κ1) is 21.2. The third-order valence-corrected chi connectivity index (χ3v) is 8.11. The number of hydrogen-bond acceptors (Lipinski definition) is 6. The number of nitro groups is 1. The molecule has 4 rings (SSSR count). The zero-order chi connectivity index (χ0) is 22.6. The van der Waals surface area contributed by atoms with Crippen LogP contribution in [0.5, 0.6) is 0 Å². The first-order chi connectivity index (χ1) is 14.6. The van der Waals surface area contributed by atoms with E-state index in [2.05, 4.69) is 50.6 Å². The van der Waals surface area contributed by atoms with Crippen molar-refractivity contribution in [2.24, 2.45) is 0 Å². The first-order valence-corrected chi connectivity index (χ1v) is 10.8. The Hall–Kier alpha value is -3.06. The molecule has 0 saturated carbocycles. The van der Waals surface area contributed by atoms with Gasteiger partial charge in [0.2, 0.25) is 0 Å². The van der Waals surface area contributed by atoms with Crippen molar-refractivity contribution in [2.45, 2.75) is 42.6 Å². The SMILES string of the molecule is C=C(C)C(=O)OCc1cc([N+](=O)[O-])cc2c1SC1(C=C2)N(C)c2ccccc2C1(C)C. The number of benzene rings is 2. The maximum absolute atomic E-state index is 12.0. The van der Waals surface area contributed by atoms with Crippen LogP contribution in [0, 0.1) is 10.1 Å². The molecule has 7 heteroatoms. The van der Waals surface area contributed by atoms with E-state index in [9.17, 15) is 14.9 Å². The minimum atomic E-state index is -0.517. The van der Waals surface area contributed by atoms with Gasteiger partial charge in [-0.3, -0.25) is 10.1 Å². The highest BCUT2D eigenvalue weighted by Gasteiger charge is 2.56. The molecule has 2 heterocycles. The summed E-state index contributed by atoms with van der Waals surface area (Å²) in [6.07, 6.45) is 4.08. The van der Waals surface area contributed by atoms with Crippen LogP contribution in [0.25, 0.3) is 6.08 Å². The lowest BCUT2D eigenvalue weighted by Crippen LogP contribution is -2.50. The van der Waals surface area contributed by atoms with Crippen LogP contribution in [-0.4, -0.2) is 22.8 Å². The Balaban J connectivity index is 1.81. The number of non-ortho nitro benzene ring substituents is 1. The Morgan fingerprint density at radius 1 is 1.29 bits per heavy atom. The van der Waals surface area contributed by atoms with Crippen molar-refractivity contribution in [1.29, 1.82) is 0 Å². The second kappa shape index (κ2) is 7.27. The summed E-state index contributed by atoms with van der Waals surface area (Å²) in [6, 6.07) is 11.4. The molecule has 160 valence electrons. The molecular formula is C24H24N2O4S. The molecule has 1 unspecified atom stereocenters. The molecule has 0 saturated heterocycles. The number of carbonyl (C=O) groups is 1. The molecule has 0 amide bonds. The summed E-state index contributed by atoms with van der Waals surface area (Å²) < 4.78 is 5.37. The third kappa shape index (κ3) is 3.15. The van der Waals surface area contributed by atoms with Crippen LogP contribution in [-0.2, 0) is 21.6 Å². The molecule has 0 aromatic heterocycles. The van der Waals surface area contributed by atoms with Gasteiger partial charge in [-0.25, -0.2) is 4.79 Å². The van der Waals surface area contributed by atoms with Crippen molar-refractivity contribution in [3.8, 4) is 0 Å². The topological polar surface area (TPSA) is 72.7 Å². The molecular weight excluding hydrogens is 412 g/mol. The second-order valence-electron chi connectivity index (χ2n) is 8.47. The van der Waals surface area contributed by atoms with Gasteiger partial charge in [-0.05, 0) is 30.2 Å². The van der Waals surface area contributed by atoms with E-state index < -0.39 is 15.8 Å². The fourth-order valence-corrected chi connectivity index (χ4v) is 5.96. The van der Waals surface area contributed by atoms with Gasteiger partial charge in [0.05, 0.1) is 4.92 Å². The number of ether oxygens (including phenoxy) is 1. The minimum Gasteiger partial charge on any atom is -0.457 e. The molecule has 0 fully saturated rings. The maximum Gasteiger partial charge on any atom is 0.333 e. The fraction of sp³-hybridized carbons (Fsp3) is 0.292. The smallest absolute Gasteiger partial charge is 0.333 e. The van der Waals surface area contributed by atoms with Crippen molar-refractivity contribution in [3.05, 3.63) is 81.4 Å². The van der Waals surface area contributed by atoms with E-state index in [1.165, 1.54) is 11.6 Å². The van der Waals surface area contributed by atoms with Crippen molar-refractivity contribution in [1.82, 2.24) is 0 Å². The highest BCUT2D eigenvalue weighted by atomic mass is 32.2. The van der Waals surface area contributed by atoms with E-state index in [4.69, 9.17) is 4.74 Å². The molecule has 1 atom stereocenters. The number of nitrogens with zero attached hydrogens (tertiary/aromatic N) is 2. The van der Waals surface area contributed by atoms with Gasteiger partial charge in [0, 0.05) is 46.3 Å². The normalized spacial score (nSPS) is 20.3. The molecule has 0 N–H and O–H groups in total. The molecule has 2 aliphatic heterocycles. The number of carbonyl (C=O) groups excluding carboxylic acids is 1. The van der Waals surface area contributed by atoms with E-state index in [1.54, 1.807) is 24.8 Å². The molecule has 0 radical (unpaired) electrons. The summed E-state index contributed by atoms with van der Waals surface area (Å²) in [5, 5.41) is 11.5. The quantitative estimate of drug-likeness (QED) is 0.274. The van der Waals surface area contributed by atoms with Crippen LogP contribution in [0.2, 0.25) is 0 Å². The van der Waals surface area contributed by atoms with Crippen LogP contribution in [0.3, 0.4) is 0 Å². The lowest BCUT2D eigenvalue weighted by Gasteiger charge is -2.46. The van der Waals surface area contributed by atoms with Crippen LogP contribution >= 0.6 is 11.8 Å². The van der Waals surface area contributed by atoms with Gasteiger partial charge < -0.3 is 9.64 Å². The van der Waals surface area contributed by atoms with Crippen LogP contribution in [0.15, 0.2) is 59.5 Å². The van der Waals surface area contributed by atoms with Crippen molar-refractivity contribution in [2.75, 3.05) is 11.9 Å². The number of para-hydroxylation sites is 1.